The summed E-state index contributed by atoms with van der Waals surface area (Å²) in [7, 11) is 0. The van der Waals surface area contributed by atoms with E-state index in [0.29, 0.717) is 18.8 Å². The van der Waals surface area contributed by atoms with Gasteiger partial charge in [-0.15, -0.1) is 0 Å². The number of nitrogens with zero attached hydrogens (tertiary/aromatic N) is 4. The lowest BCUT2D eigenvalue weighted by Crippen LogP contribution is -2.28. The van der Waals surface area contributed by atoms with Gasteiger partial charge < -0.3 is 10.1 Å². The molecule has 0 saturated carbocycles. The standard InChI is InChI=1S/C21H25N5O3/c1-2-29-18-7-4-16(5-8-18)21-19(15-24-12-3-10-22-11-13-24)25-14-17(26(27)28)6-9-20(25)23-21/h4-9,14,22H,2-3,10-13,15H2,1H3. The lowest BCUT2D eigenvalue weighted by Gasteiger charge is -2.20. The van der Waals surface area contributed by atoms with Crippen LogP contribution in [0.3, 0.4) is 0 Å². The van der Waals surface area contributed by atoms with Crippen LogP contribution in [-0.4, -0.2) is 52.0 Å². The van der Waals surface area contributed by atoms with E-state index >= 15 is 0 Å². The van der Waals surface area contributed by atoms with Gasteiger partial charge in [0.15, 0.2) is 0 Å². The third kappa shape index (κ3) is 4.23. The van der Waals surface area contributed by atoms with E-state index in [1.54, 1.807) is 12.3 Å². The number of aromatic nitrogens is 2. The first-order chi connectivity index (χ1) is 14.2. The topological polar surface area (TPSA) is 84.9 Å². The molecule has 3 heterocycles. The molecule has 3 aromatic rings. The van der Waals surface area contributed by atoms with Gasteiger partial charge >= 0.3 is 0 Å². The Balaban J connectivity index is 1.77. The summed E-state index contributed by atoms with van der Waals surface area (Å²) in [4.78, 5) is 18.1. The summed E-state index contributed by atoms with van der Waals surface area (Å²) in [5.74, 6) is 0.816. The van der Waals surface area contributed by atoms with Crippen LogP contribution >= 0.6 is 0 Å². The number of rotatable bonds is 6. The van der Waals surface area contributed by atoms with E-state index in [0.717, 1.165) is 55.3 Å². The quantitative estimate of drug-likeness (QED) is 0.510. The molecule has 1 aromatic carbocycles. The van der Waals surface area contributed by atoms with E-state index in [9.17, 15) is 10.1 Å². The molecule has 0 unspecified atom stereocenters. The maximum absolute atomic E-state index is 11.3. The number of pyridine rings is 1. The van der Waals surface area contributed by atoms with Crippen LogP contribution in [0.5, 0.6) is 5.75 Å². The van der Waals surface area contributed by atoms with Crippen LogP contribution in [0, 0.1) is 10.1 Å². The summed E-state index contributed by atoms with van der Waals surface area (Å²) in [6.07, 6.45) is 2.65. The van der Waals surface area contributed by atoms with E-state index in [1.807, 2.05) is 35.6 Å². The van der Waals surface area contributed by atoms with Crippen LogP contribution in [0.15, 0.2) is 42.6 Å². The van der Waals surface area contributed by atoms with Crippen molar-refractivity contribution < 1.29 is 9.66 Å². The predicted octanol–water partition coefficient (Wildman–Crippen LogP) is 3.10. The highest BCUT2D eigenvalue weighted by molar-refractivity contribution is 5.67. The monoisotopic (exact) mass is 395 g/mol. The van der Waals surface area contributed by atoms with Crippen molar-refractivity contribution in [2.45, 2.75) is 19.9 Å². The minimum absolute atomic E-state index is 0.0620. The van der Waals surface area contributed by atoms with Gasteiger partial charge in [0, 0.05) is 31.3 Å². The Morgan fingerprint density at radius 3 is 2.76 bits per heavy atom. The van der Waals surface area contributed by atoms with Crippen molar-refractivity contribution in [2.75, 3.05) is 32.8 Å². The summed E-state index contributed by atoms with van der Waals surface area (Å²) in [6, 6.07) is 11.1. The molecule has 152 valence electrons. The smallest absolute Gasteiger partial charge is 0.286 e. The van der Waals surface area contributed by atoms with Crippen LogP contribution in [0.2, 0.25) is 0 Å². The molecule has 0 aliphatic carbocycles. The summed E-state index contributed by atoms with van der Waals surface area (Å²) in [6.45, 7) is 7.13. The van der Waals surface area contributed by atoms with Gasteiger partial charge in [0.25, 0.3) is 5.69 Å². The molecule has 0 spiro atoms. The lowest BCUT2D eigenvalue weighted by atomic mass is 10.1. The lowest BCUT2D eigenvalue weighted by molar-refractivity contribution is -0.385. The van der Waals surface area contributed by atoms with E-state index < -0.39 is 0 Å². The second-order valence-corrected chi connectivity index (χ2v) is 7.12. The molecule has 0 atom stereocenters. The minimum Gasteiger partial charge on any atom is -0.494 e. The Morgan fingerprint density at radius 2 is 2.00 bits per heavy atom. The first kappa shape index (κ1) is 19.4. The molecule has 1 aliphatic heterocycles. The van der Waals surface area contributed by atoms with E-state index in [2.05, 4.69) is 10.2 Å². The Bertz CT molecular complexity index is 991. The average Bonchev–Trinajstić information content (AvgIpc) is 2.88. The van der Waals surface area contributed by atoms with Crippen molar-refractivity contribution in [2.24, 2.45) is 0 Å². The van der Waals surface area contributed by atoms with Crippen molar-refractivity contribution in [3.63, 3.8) is 0 Å². The van der Waals surface area contributed by atoms with Gasteiger partial charge in [0.05, 0.1) is 29.1 Å². The van der Waals surface area contributed by atoms with E-state index in [1.165, 1.54) is 6.07 Å². The molecule has 0 amide bonds. The van der Waals surface area contributed by atoms with Crippen molar-refractivity contribution in [3.8, 4) is 17.0 Å². The Morgan fingerprint density at radius 1 is 1.17 bits per heavy atom. The molecule has 8 nitrogen and oxygen atoms in total. The van der Waals surface area contributed by atoms with Crippen molar-refractivity contribution in [3.05, 3.63) is 58.4 Å². The molecule has 8 heteroatoms. The Labute approximate surface area is 169 Å². The van der Waals surface area contributed by atoms with Crippen LogP contribution in [-0.2, 0) is 6.54 Å². The van der Waals surface area contributed by atoms with Gasteiger partial charge in [-0.25, -0.2) is 4.98 Å². The predicted molar refractivity (Wildman–Crippen MR) is 111 cm³/mol. The normalized spacial score (nSPS) is 15.3. The molecule has 1 saturated heterocycles. The third-order valence-electron chi connectivity index (χ3n) is 5.16. The Hall–Kier alpha value is -2.97. The summed E-state index contributed by atoms with van der Waals surface area (Å²) >= 11 is 0. The maximum Gasteiger partial charge on any atom is 0.286 e. The molecule has 4 rings (SSSR count). The molecule has 1 fully saturated rings. The zero-order chi connectivity index (χ0) is 20.2. The molecule has 1 N–H and O–H groups in total. The number of imidazole rings is 1. The first-order valence-electron chi connectivity index (χ1n) is 9.97. The summed E-state index contributed by atoms with van der Waals surface area (Å²) < 4.78 is 7.41. The van der Waals surface area contributed by atoms with Crippen molar-refractivity contribution in [1.29, 1.82) is 0 Å². The molecule has 29 heavy (non-hydrogen) atoms. The van der Waals surface area contributed by atoms with E-state index in [-0.39, 0.29) is 10.6 Å². The number of nitro groups is 1. The number of hydrogen-bond donors (Lipinski definition) is 1. The molecular weight excluding hydrogens is 370 g/mol. The van der Waals surface area contributed by atoms with Gasteiger partial charge in [-0.2, -0.15) is 0 Å². The van der Waals surface area contributed by atoms with E-state index in [4.69, 9.17) is 9.72 Å². The second kappa shape index (κ2) is 8.59. The van der Waals surface area contributed by atoms with Crippen molar-refractivity contribution in [1.82, 2.24) is 19.6 Å². The highest BCUT2D eigenvalue weighted by atomic mass is 16.6. The SMILES string of the molecule is CCOc1ccc(-c2nc3ccc([N+](=O)[O-])cn3c2CN2CCCNCC2)cc1. The second-order valence-electron chi connectivity index (χ2n) is 7.12. The highest BCUT2D eigenvalue weighted by Gasteiger charge is 2.20. The number of hydrogen-bond acceptors (Lipinski definition) is 6. The number of fused-ring (bicyclic) bond motifs is 1. The van der Waals surface area contributed by atoms with Gasteiger partial charge in [-0.05, 0) is 56.8 Å². The zero-order valence-electron chi connectivity index (χ0n) is 16.5. The Kier molecular flexibility index (Phi) is 5.73. The highest BCUT2D eigenvalue weighted by Crippen LogP contribution is 2.29. The molecule has 1 aliphatic rings. The minimum atomic E-state index is -0.365. The fraction of sp³-hybridized carbons (Fsp3) is 0.381. The zero-order valence-corrected chi connectivity index (χ0v) is 16.5. The van der Waals surface area contributed by atoms with Crippen LogP contribution in [0.25, 0.3) is 16.9 Å². The average molecular weight is 395 g/mol. The summed E-state index contributed by atoms with van der Waals surface area (Å²) in [5, 5.41) is 14.7. The molecular formula is C21H25N5O3. The number of benzene rings is 1. The third-order valence-corrected chi connectivity index (χ3v) is 5.16. The van der Waals surface area contributed by atoms with Gasteiger partial charge in [0.2, 0.25) is 0 Å². The van der Waals surface area contributed by atoms with Gasteiger partial charge in [-0.3, -0.25) is 19.4 Å². The molecule has 2 aromatic heterocycles. The number of nitrogens with one attached hydrogen (secondary N) is 1. The number of ether oxygens (including phenoxy) is 1. The first-order valence-corrected chi connectivity index (χ1v) is 9.97. The van der Waals surface area contributed by atoms with Gasteiger partial charge in [-0.1, -0.05) is 0 Å². The maximum atomic E-state index is 11.3. The van der Waals surface area contributed by atoms with Gasteiger partial charge in [0.1, 0.15) is 11.4 Å². The van der Waals surface area contributed by atoms with Crippen LogP contribution in [0.1, 0.15) is 19.0 Å². The van der Waals surface area contributed by atoms with Crippen molar-refractivity contribution >= 4 is 11.3 Å². The fourth-order valence-corrected chi connectivity index (χ4v) is 3.72. The largest absolute Gasteiger partial charge is 0.494 e. The molecule has 0 bridgehead atoms. The van der Waals surface area contributed by atoms with Crippen LogP contribution < -0.4 is 10.1 Å². The molecule has 0 radical (unpaired) electrons. The summed E-state index contributed by atoms with van der Waals surface area (Å²) in [5.41, 5.74) is 3.57. The van der Waals surface area contributed by atoms with Crippen LogP contribution in [0.4, 0.5) is 5.69 Å². The fourth-order valence-electron chi connectivity index (χ4n) is 3.72.